The highest BCUT2D eigenvalue weighted by Crippen LogP contribution is 2.28. The van der Waals surface area contributed by atoms with E-state index in [1.165, 1.54) is 12.8 Å². The number of carbonyl (C=O) groups excluding carboxylic acids is 1. The zero-order valence-corrected chi connectivity index (χ0v) is 11.2. The fourth-order valence-corrected chi connectivity index (χ4v) is 2.27. The van der Waals surface area contributed by atoms with Gasteiger partial charge in [-0.25, -0.2) is 0 Å². The zero-order chi connectivity index (χ0) is 13.9. The monoisotopic (exact) mass is 270 g/mol. The van der Waals surface area contributed by atoms with Gasteiger partial charge in [-0.05, 0) is 24.3 Å². The van der Waals surface area contributed by atoms with E-state index in [2.05, 4.69) is 10.6 Å². The quantitative estimate of drug-likeness (QED) is 0.728. The number of fused-ring (bicyclic) bond motifs is 1. The van der Waals surface area contributed by atoms with Gasteiger partial charge in [-0.15, -0.1) is 0 Å². The first-order valence-electron chi connectivity index (χ1n) is 6.98. The lowest BCUT2D eigenvalue weighted by atomic mass is 10.0. The Labute approximate surface area is 117 Å². The molecule has 0 saturated heterocycles. The van der Waals surface area contributed by atoms with Crippen LogP contribution in [0, 0.1) is 0 Å². The highest BCUT2D eigenvalue weighted by Gasteiger charge is 2.20. The van der Waals surface area contributed by atoms with Gasteiger partial charge in [0.05, 0.1) is 5.56 Å². The molecule has 2 aromatic carbocycles. The average molecular weight is 270 g/mol. The summed E-state index contributed by atoms with van der Waals surface area (Å²) in [5, 5.41) is 18.0. The van der Waals surface area contributed by atoms with Gasteiger partial charge in [0.25, 0.3) is 5.91 Å². The third kappa shape index (κ3) is 2.75. The molecular formula is C16H18N2O2. The van der Waals surface area contributed by atoms with Gasteiger partial charge in [0.15, 0.2) is 0 Å². The van der Waals surface area contributed by atoms with E-state index in [-0.39, 0.29) is 11.7 Å². The molecule has 4 nitrogen and oxygen atoms in total. The maximum Gasteiger partial charge on any atom is 0.255 e. The number of phenolic OH excluding ortho intramolecular Hbond substituents is 1. The van der Waals surface area contributed by atoms with E-state index in [0.29, 0.717) is 23.5 Å². The lowest BCUT2D eigenvalue weighted by Gasteiger charge is -2.09. The standard InChI is InChI=1S/C16H18N2O2/c19-15-13-4-2-1-3-11(13)5-8-14(15)16(20)18-10-9-17-12-6-7-12/h1-5,8,12,17,19H,6-7,9-10H2,(H,18,20). The second-order valence-electron chi connectivity index (χ2n) is 5.17. The first-order valence-corrected chi connectivity index (χ1v) is 6.98. The van der Waals surface area contributed by atoms with Gasteiger partial charge in [-0.2, -0.15) is 0 Å². The molecule has 2 aromatic rings. The Morgan fingerprint density at radius 3 is 2.75 bits per heavy atom. The van der Waals surface area contributed by atoms with E-state index >= 15 is 0 Å². The van der Waals surface area contributed by atoms with Crippen LogP contribution in [-0.4, -0.2) is 30.1 Å². The van der Waals surface area contributed by atoms with E-state index in [4.69, 9.17) is 0 Å². The van der Waals surface area contributed by atoms with Crippen molar-refractivity contribution in [3.63, 3.8) is 0 Å². The van der Waals surface area contributed by atoms with Crippen molar-refractivity contribution in [3.05, 3.63) is 42.0 Å². The molecule has 0 heterocycles. The number of rotatable bonds is 5. The first kappa shape index (κ1) is 12.9. The first-order chi connectivity index (χ1) is 9.75. The van der Waals surface area contributed by atoms with Crippen LogP contribution in [0.2, 0.25) is 0 Å². The topological polar surface area (TPSA) is 61.4 Å². The Kier molecular flexibility index (Phi) is 3.56. The molecule has 1 amide bonds. The Bertz CT molecular complexity index is 635. The SMILES string of the molecule is O=C(NCCNC1CC1)c1ccc2ccccc2c1O. The predicted octanol–water partition coefficient (Wildman–Crippen LogP) is 2.03. The molecule has 20 heavy (non-hydrogen) atoms. The summed E-state index contributed by atoms with van der Waals surface area (Å²) in [5.41, 5.74) is 0.329. The van der Waals surface area contributed by atoms with Crippen LogP contribution in [0.4, 0.5) is 0 Å². The number of aromatic hydroxyl groups is 1. The molecule has 0 unspecified atom stereocenters. The van der Waals surface area contributed by atoms with Gasteiger partial charge in [0.2, 0.25) is 0 Å². The number of nitrogens with one attached hydrogen (secondary N) is 2. The van der Waals surface area contributed by atoms with E-state index in [9.17, 15) is 9.90 Å². The van der Waals surface area contributed by atoms with E-state index in [1.807, 2.05) is 30.3 Å². The molecular weight excluding hydrogens is 252 g/mol. The molecule has 1 aliphatic rings. The highest BCUT2D eigenvalue weighted by molar-refractivity contribution is 6.03. The smallest absolute Gasteiger partial charge is 0.255 e. The van der Waals surface area contributed by atoms with Crippen LogP contribution in [0.1, 0.15) is 23.2 Å². The predicted molar refractivity (Wildman–Crippen MR) is 79.0 cm³/mol. The van der Waals surface area contributed by atoms with Crippen LogP contribution in [-0.2, 0) is 0 Å². The minimum atomic E-state index is -0.231. The van der Waals surface area contributed by atoms with Gasteiger partial charge in [0.1, 0.15) is 5.75 Å². The van der Waals surface area contributed by atoms with E-state index < -0.39 is 0 Å². The highest BCUT2D eigenvalue weighted by atomic mass is 16.3. The molecule has 1 fully saturated rings. The minimum absolute atomic E-state index is 0.0516. The summed E-state index contributed by atoms with van der Waals surface area (Å²) in [7, 11) is 0. The van der Waals surface area contributed by atoms with Gasteiger partial charge in [-0.1, -0.05) is 30.3 Å². The fraction of sp³-hybridized carbons (Fsp3) is 0.312. The van der Waals surface area contributed by atoms with E-state index in [0.717, 1.165) is 11.9 Å². The summed E-state index contributed by atoms with van der Waals surface area (Å²) < 4.78 is 0. The van der Waals surface area contributed by atoms with Crippen molar-refractivity contribution in [1.29, 1.82) is 0 Å². The molecule has 3 rings (SSSR count). The maximum absolute atomic E-state index is 12.1. The molecule has 0 spiro atoms. The summed E-state index contributed by atoms with van der Waals surface area (Å²) in [6, 6.07) is 11.6. The molecule has 0 atom stereocenters. The third-order valence-electron chi connectivity index (χ3n) is 3.57. The van der Waals surface area contributed by atoms with Crippen molar-refractivity contribution in [3.8, 4) is 5.75 Å². The van der Waals surface area contributed by atoms with Crippen LogP contribution in [0.5, 0.6) is 5.75 Å². The maximum atomic E-state index is 12.1. The number of benzene rings is 2. The van der Waals surface area contributed by atoms with Crippen molar-refractivity contribution in [2.24, 2.45) is 0 Å². The number of amides is 1. The summed E-state index contributed by atoms with van der Waals surface area (Å²) >= 11 is 0. The van der Waals surface area contributed by atoms with Gasteiger partial charge < -0.3 is 15.7 Å². The second-order valence-corrected chi connectivity index (χ2v) is 5.17. The largest absolute Gasteiger partial charge is 0.506 e. The molecule has 0 aromatic heterocycles. The van der Waals surface area contributed by atoms with Crippen LogP contribution in [0.25, 0.3) is 10.8 Å². The normalized spacial score (nSPS) is 14.4. The van der Waals surface area contributed by atoms with Gasteiger partial charge >= 0.3 is 0 Å². The minimum Gasteiger partial charge on any atom is -0.506 e. The number of phenols is 1. The Hall–Kier alpha value is -2.07. The molecule has 1 saturated carbocycles. The summed E-state index contributed by atoms with van der Waals surface area (Å²) in [6.45, 7) is 1.34. The summed E-state index contributed by atoms with van der Waals surface area (Å²) in [4.78, 5) is 12.1. The molecule has 0 aliphatic heterocycles. The number of carbonyl (C=O) groups is 1. The van der Waals surface area contributed by atoms with Crippen molar-refractivity contribution in [2.45, 2.75) is 18.9 Å². The van der Waals surface area contributed by atoms with Gasteiger partial charge in [0, 0.05) is 24.5 Å². The van der Waals surface area contributed by atoms with Crippen LogP contribution >= 0.6 is 0 Å². The molecule has 0 bridgehead atoms. The lowest BCUT2D eigenvalue weighted by molar-refractivity contribution is 0.0951. The van der Waals surface area contributed by atoms with E-state index in [1.54, 1.807) is 6.07 Å². The molecule has 0 radical (unpaired) electrons. The average Bonchev–Trinajstić information content (AvgIpc) is 3.28. The second kappa shape index (κ2) is 5.51. The molecule has 4 heteroatoms. The zero-order valence-electron chi connectivity index (χ0n) is 11.2. The third-order valence-corrected chi connectivity index (χ3v) is 3.57. The van der Waals surface area contributed by atoms with Gasteiger partial charge in [-0.3, -0.25) is 4.79 Å². The summed E-state index contributed by atoms with van der Waals surface area (Å²) in [6.07, 6.45) is 2.47. The lowest BCUT2D eigenvalue weighted by Crippen LogP contribution is -2.32. The van der Waals surface area contributed by atoms with Crippen molar-refractivity contribution >= 4 is 16.7 Å². The van der Waals surface area contributed by atoms with Crippen molar-refractivity contribution in [2.75, 3.05) is 13.1 Å². The fourth-order valence-electron chi connectivity index (χ4n) is 2.27. The number of hydrogen-bond acceptors (Lipinski definition) is 3. The Morgan fingerprint density at radius 2 is 1.95 bits per heavy atom. The van der Waals surface area contributed by atoms with Crippen molar-refractivity contribution in [1.82, 2.24) is 10.6 Å². The Balaban J connectivity index is 1.68. The molecule has 1 aliphatic carbocycles. The Morgan fingerprint density at radius 1 is 1.15 bits per heavy atom. The van der Waals surface area contributed by atoms with Crippen LogP contribution < -0.4 is 10.6 Å². The summed E-state index contributed by atoms with van der Waals surface area (Å²) in [5.74, 6) is -0.179. The molecule has 104 valence electrons. The number of hydrogen-bond donors (Lipinski definition) is 3. The van der Waals surface area contributed by atoms with Crippen molar-refractivity contribution < 1.29 is 9.90 Å². The molecule has 3 N–H and O–H groups in total. The van der Waals surface area contributed by atoms with Crippen LogP contribution in [0.15, 0.2) is 36.4 Å². The van der Waals surface area contributed by atoms with Crippen LogP contribution in [0.3, 0.4) is 0 Å².